The first-order valence-electron chi connectivity index (χ1n) is 8.35. The van der Waals surface area contributed by atoms with Crippen molar-refractivity contribution in [3.8, 4) is 0 Å². The Morgan fingerprint density at radius 1 is 1.12 bits per heavy atom. The molecule has 0 saturated carbocycles. The highest BCUT2D eigenvalue weighted by Crippen LogP contribution is 2.29. The first-order chi connectivity index (χ1) is 12.1. The van der Waals surface area contributed by atoms with E-state index >= 15 is 0 Å². The molecule has 3 atom stereocenters. The second-order valence-corrected chi connectivity index (χ2v) is 6.23. The number of amides is 2. The van der Waals surface area contributed by atoms with Crippen LogP contribution in [0.25, 0.3) is 0 Å². The lowest BCUT2D eigenvalue weighted by molar-refractivity contribution is -0.162. The molecule has 1 saturated heterocycles. The van der Waals surface area contributed by atoms with Gasteiger partial charge in [-0.2, -0.15) is 0 Å². The van der Waals surface area contributed by atoms with Crippen molar-refractivity contribution >= 4 is 11.8 Å². The summed E-state index contributed by atoms with van der Waals surface area (Å²) < 4.78 is 5.62. The van der Waals surface area contributed by atoms with Gasteiger partial charge in [0.05, 0.1) is 12.1 Å². The Balaban J connectivity index is 1.80. The number of nitrogens with one attached hydrogen (secondary N) is 1. The van der Waals surface area contributed by atoms with E-state index in [2.05, 4.69) is 5.32 Å². The van der Waals surface area contributed by atoms with Gasteiger partial charge in [-0.05, 0) is 18.1 Å². The second-order valence-electron chi connectivity index (χ2n) is 6.23. The van der Waals surface area contributed by atoms with E-state index in [0.29, 0.717) is 0 Å². The molecule has 25 heavy (non-hydrogen) atoms. The Morgan fingerprint density at radius 3 is 2.36 bits per heavy atom. The average molecular weight is 338 g/mol. The highest BCUT2D eigenvalue weighted by atomic mass is 16.5. The van der Waals surface area contributed by atoms with Crippen LogP contribution in [0, 0.1) is 0 Å². The van der Waals surface area contributed by atoms with Gasteiger partial charge in [0.15, 0.2) is 6.10 Å². The van der Waals surface area contributed by atoms with E-state index in [1.807, 2.05) is 67.6 Å². The van der Waals surface area contributed by atoms with E-state index in [9.17, 15) is 9.59 Å². The number of hydrogen-bond donors (Lipinski definition) is 1. The summed E-state index contributed by atoms with van der Waals surface area (Å²) in [4.78, 5) is 26.5. The maximum absolute atomic E-state index is 12.8. The van der Waals surface area contributed by atoms with Crippen LogP contribution >= 0.6 is 0 Å². The minimum atomic E-state index is -0.740. The lowest BCUT2D eigenvalue weighted by Crippen LogP contribution is -2.53. The number of rotatable bonds is 4. The van der Waals surface area contributed by atoms with E-state index in [1.165, 1.54) is 0 Å². The third-order valence-electron chi connectivity index (χ3n) is 4.54. The van der Waals surface area contributed by atoms with Gasteiger partial charge in [0.2, 0.25) is 5.91 Å². The van der Waals surface area contributed by atoms with Crippen molar-refractivity contribution in [2.45, 2.75) is 25.1 Å². The lowest BCUT2D eigenvalue weighted by atomic mass is 9.97. The molecule has 0 aromatic heterocycles. The summed E-state index contributed by atoms with van der Waals surface area (Å²) in [6, 6.07) is 18.7. The van der Waals surface area contributed by atoms with Crippen LogP contribution < -0.4 is 5.32 Å². The number of benzene rings is 2. The van der Waals surface area contributed by atoms with E-state index in [1.54, 1.807) is 11.9 Å². The van der Waals surface area contributed by atoms with E-state index in [-0.39, 0.29) is 24.5 Å². The van der Waals surface area contributed by atoms with E-state index in [4.69, 9.17) is 4.74 Å². The van der Waals surface area contributed by atoms with Gasteiger partial charge in [-0.1, -0.05) is 60.7 Å². The molecule has 0 aliphatic carbocycles. The fourth-order valence-corrected chi connectivity index (χ4v) is 3.10. The Bertz CT molecular complexity index is 733. The number of nitrogens with zero attached hydrogens (tertiary/aromatic N) is 1. The molecule has 1 N–H and O–H groups in total. The molecule has 0 radical (unpaired) electrons. The minimum Gasteiger partial charge on any atom is -0.356 e. The maximum atomic E-state index is 12.8. The zero-order valence-corrected chi connectivity index (χ0v) is 14.4. The van der Waals surface area contributed by atoms with Crippen LogP contribution in [0.4, 0.5) is 0 Å². The van der Waals surface area contributed by atoms with Crippen molar-refractivity contribution in [3.63, 3.8) is 0 Å². The Hall–Kier alpha value is -2.66. The SMILES string of the molecule is C[C@H](NC(=O)[C@H]1OCC(=O)N(C)[C@@H]1c1ccccc1)c1ccccc1. The van der Waals surface area contributed by atoms with Crippen molar-refractivity contribution in [2.75, 3.05) is 13.7 Å². The number of likely N-dealkylation sites (N-methyl/N-ethyl adjacent to an activating group) is 1. The molecule has 5 nitrogen and oxygen atoms in total. The number of morpholine rings is 1. The van der Waals surface area contributed by atoms with Crippen LogP contribution in [0.5, 0.6) is 0 Å². The summed E-state index contributed by atoms with van der Waals surface area (Å²) in [5.41, 5.74) is 1.90. The van der Waals surface area contributed by atoms with Crippen LogP contribution in [0.15, 0.2) is 60.7 Å². The molecule has 130 valence electrons. The molecule has 1 aliphatic rings. The predicted octanol–water partition coefficient (Wildman–Crippen LogP) is 2.46. The van der Waals surface area contributed by atoms with Crippen molar-refractivity contribution in [3.05, 3.63) is 71.8 Å². The fraction of sp³-hybridized carbons (Fsp3) is 0.300. The number of hydrogen-bond acceptors (Lipinski definition) is 3. The molecular weight excluding hydrogens is 316 g/mol. The molecule has 5 heteroatoms. The van der Waals surface area contributed by atoms with Gasteiger partial charge >= 0.3 is 0 Å². The van der Waals surface area contributed by atoms with Gasteiger partial charge in [0.25, 0.3) is 5.91 Å². The van der Waals surface area contributed by atoms with E-state index < -0.39 is 12.1 Å². The minimum absolute atomic E-state index is 0.0857. The largest absolute Gasteiger partial charge is 0.356 e. The normalized spacial score (nSPS) is 21.7. The molecule has 0 unspecified atom stereocenters. The third-order valence-corrected chi connectivity index (χ3v) is 4.54. The van der Waals surface area contributed by atoms with Crippen LogP contribution in [-0.2, 0) is 14.3 Å². The molecule has 3 rings (SSSR count). The van der Waals surface area contributed by atoms with Gasteiger partial charge in [-0.3, -0.25) is 9.59 Å². The van der Waals surface area contributed by atoms with Gasteiger partial charge in [-0.25, -0.2) is 0 Å². The van der Waals surface area contributed by atoms with Crippen molar-refractivity contribution < 1.29 is 14.3 Å². The summed E-state index contributed by atoms with van der Waals surface area (Å²) in [6.07, 6.45) is -0.740. The van der Waals surface area contributed by atoms with Crippen LogP contribution in [0.2, 0.25) is 0 Å². The zero-order chi connectivity index (χ0) is 17.8. The highest BCUT2D eigenvalue weighted by Gasteiger charge is 2.40. The maximum Gasteiger partial charge on any atom is 0.252 e. The summed E-state index contributed by atoms with van der Waals surface area (Å²) in [6.45, 7) is 1.85. The molecule has 1 fully saturated rings. The lowest BCUT2D eigenvalue weighted by Gasteiger charge is -2.38. The molecule has 0 bridgehead atoms. The molecule has 0 spiro atoms. The summed E-state index contributed by atoms with van der Waals surface area (Å²) in [5.74, 6) is -0.349. The van der Waals surface area contributed by atoms with Gasteiger partial charge in [-0.15, -0.1) is 0 Å². The summed E-state index contributed by atoms with van der Waals surface area (Å²) in [5, 5.41) is 3.00. The molecule has 1 heterocycles. The highest BCUT2D eigenvalue weighted by molar-refractivity contribution is 5.86. The first-order valence-corrected chi connectivity index (χ1v) is 8.35. The molecule has 1 aliphatic heterocycles. The number of carbonyl (C=O) groups excluding carboxylic acids is 2. The summed E-state index contributed by atoms with van der Waals surface area (Å²) in [7, 11) is 1.71. The van der Waals surface area contributed by atoms with Crippen molar-refractivity contribution in [1.82, 2.24) is 10.2 Å². The van der Waals surface area contributed by atoms with Gasteiger partial charge < -0.3 is 15.0 Å². The van der Waals surface area contributed by atoms with Crippen LogP contribution in [0.1, 0.15) is 30.1 Å². The zero-order valence-electron chi connectivity index (χ0n) is 14.4. The average Bonchev–Trinajstić information content (AvgIpc) is 2.65. The fourth-order valence-electron chi connectivity index (χ4n) is 3.10. The molecule has 2 aromatic rings. The molecule has 2 aromatic carbocycles. The summed E-state index contributed by atoms with van der Waals surface area (Å²) >= 11 is 0. The standard InChI is InChI=1S/C20H22N2O3/c1-14(15-9-5-3-6-10-15)21-20(24)19-18(16-11-7-4-8-12-16)22(2)17(23)13-25-19/h3-12,14,18-19H,13H2,1-2H3,(H,21,24)/t14-,18+,19-/m0/s1. The number of ether oxygens (including phenoxy) is 1. The molecule has 2 amide bonds. The van der Waals surface area contributed by atoms with Gasteiger partial charge in [0, 0.05) is 7.05 Å². The monoisotopic (exact) mass is 338 g/mol. The van der Waals surface area contributed by atoms with Crippen molar-refractivity contribution in [1.29, 1.82) is 0 Å². The number of carbonyl (C=O) groups is 2. The Morgan fingerprint density at radius 2 is 1.72 bits per heavy atom. The van der Waals surface area contributed by atoms with Gasteiger partial charge in [0.1, 0.15) is 6.61 Å². The molecular formula is C20H22N2O3. The second kappa shape index (κ2) is 7.49. The van der Waals surface area contributed by atoms with Crippen LogP contribution in [-0.4, -0.2) is 36.5 Å². The van der Waals surface area contributed by atoms with Crippen molar-refractivity contribution in [2.24, 2.45) is 0 Å². The smallest absolute Gasteiger partial charge is 0.252 e. The first kappa shape index (κ1) is 17.2. The quantitative estimate of drug-likeness (QED) is 0.932. The predicted molar refractivity (Wildman–Crippen MR) is 94.7 cm³/mol. The third kappa shape index (κ3) is 3.72. The topological polar surface area (TPSA) is 58.6 Å². The Kier molecular flexibility index (Phi) is 5.14. The van der Waals surface area contributed by atoms with Crippen LogP contribution in [0.3, 0.4) is 0 Å². The Labute approximate surface area is 147 Å². The van der Waals surface area contributed by atoms with E-state index in [0.717, 1.165) is 11.1 Å².